The van der Waals surface area contributed by atoms with Crippen molar-refractivity contribution in [2.45, 2.75) is 6.42 Å². The lowest BCUT2D eigenvalue weighted by Crippen LogP contribution is -2.25. The molecule has 2 heterocycles. The fraction of sp³-hybridized carbons (Fsp3) is 0.214. The predicted octanol–water partition coefficient (Wildman–Crippen LogP) is 1.49. The molecule has 1 aromatic heterocycles. The third-order valence-electron chi connectivity index (χ3n) is 3.22. The van der Waals surface area contributed by atoms with Crippen LogP contribution in [0.2, 0.25) is 0 Å². The second-order valence-corrected chi connectivity index (χ2v) is 4.54. The Bertz CT molecular complexity index is 674. The SMILES string of the molecule is N/C(=N/O)c1nccnc1N1CCCOc2ccccc21. The summed E-state index contributed by atoms with van der Waals surface area (Å²) in [6, 6.07) is 7.71. The van der Waals surface area contributed by atoms with E-state index in [0.29, 0.717) is 24.7 Å². The van der Waals surface area contributed by atoms with Crippen LogP contribution < -0.4 is 15.4 Å². The van der Waals surface area contributed by atoms with E-state index in [1.54, 1.807) is 6.20 Å². The summed E-state index contributed by atoms with van der Waals surface area (Å²) in [4.78, 5) is 10.5. The van der Waals surface area contributed by atoms with Crippen molar-refractivity contribution in [2.24, 2.45) is 10.9 Å². The van der Waals surface area contributed by atoms with Gasteiger partial charge in [0, 0.05) is 18.9 Å². The van der Waals surface area contributed by atoms with Gasteiger partial charge in [-0.2, -0.15) is 0 Å². The van der Waals surface area contributed by atoms with Crippen LogP contribution in [0.5, 0.6) is 5.75 Å². The summed E-state index contributed by atoms with van der Waals surface area (Å²) >= 11 is 0. The van der Waals surface area contributed by atoms with Gasteiger partial charge in [0.2, 0.25) is 0 Å². The summed E-state index contributed by atoms with van der Waals surface area (Å²) in [6.45, 7) is 1.34. The second kappa shape index (κ2) is 5.66. The standard InChI is InChI=1S/C14H15N5O2/c15-13(18-20)12-14(17-7-6-16-12)19-8-3-9-21-11-5-2-1-4-10(11)19/h1-2,4-7,20H,3,8-9H2,(H2,15,18). The van der Waals surface area contributed by atoms with E-state index in [0.717, 1.165) is 17.9 Å². The van der Waals surface area contributed by atoms with E-state index in [1.807, 2.05) is 29.2 Å². The third kappa shape index (κ3) is 2.45. The number of aromatic nitrogens is 2. The minimum absolute atomic E-state index is 0.0688. The molecule has 0 atom stereocenters. The van der Waals surface area contributed by atoms with Crippen molar-refractivity contribution in [1.82, 2.24) is 9.97 Å². The van der Waals surface area contributed by atoms with E-state index in [1.165, 1.54) is 6.20 Å². The van der Waals surface area contributed by atoms with E-state index in [2.05, 4.69) is 15.1 Å². The van der Waals surface area contributed by atoms with Crippen molar-refractivity contribution in [3.8, 4) is 5.75 Å². The minimum atomic E-state index is -0.0688. The molecule has 0 fully saturated rings. The Hall–Kier alpha value is -2.83. The van der Waals surface area contributed by atoms with Crippen LogP contribution in [0.3, 0.4) is 0 Å². The number of hydrogen-bond donors (Lipinski definition) is 2. The van der Waals surface area contributed by atoms with Gasteiger partial charge in [-0.05, 0) is 18.6 Å². The first-order valence-electron chi connectivity index (χ1n) is 6.59. The summed E-state index contributed by atoms with van der Waals surface area (Å²) in [5.41, 5.74) is 6.94. The van der Waals surface area contributed by atoms with Gasteiger partial charge in [0.15, 0.2) is 17.3 Å². The largest absolute Gasteiger partial charge is 0.491 e. The highest BCUT2D eigenvalue weighted by molar-refractivity contribution is 6.00. The molecule has 0 bridgehead atoms. The molecular weight excluding hydrogens is 270 g/mol. The molecule has 0 aliphatic carbocycles. The molecule has 0 radical (unpaired) electrons. The maximum absolute atomic E-state index is 8.91. The molecule has 7 heteroatoms. The summed E-state index contributed by atoms with van der Waals surface area (Å²) in [5, 5.41) is 11.9. The number of nitrogens with zero attached hydrogens (tertiary/aromatic N) is 4. The molecular formula is C14H15N5O2. The Balaban J connectivity index is 2.13. The normalized spacial score (nSPS) is 15.0. The maximum Gasteiger partial charge on any atom is 0.192 e. The lowest BCUT2D eigenvalue weighted by atomic mass is 10.2. The van der Waals surface area contributed by atoms with E-state index in [-0.39, 0.29) is 5.84 Å². The Morgan fingerprint density at radius 3 is 2.95 bits per heavy atom. The molecule has 0 saturated heterocycles. The van der Waals surface area contributed by atoms with Crippen LogP contribution in [-0.2, 0) is 0 Å². The first-order chi connectivity index (χ1) is 10.3. The third-order valence-corrected chi connectivity index (χ3v) is 3.22. The van der Waals surface area contributed by atoms with Crippen LogP contribution >= 0.6 is 0 Å². The van der Waals surface area contributed by atoms with Crippen molar-refractivity contribution in [2.75, 3.05) is 18.1 Å². The van der Waals surface area contributed by atoms with Gasteiger partial charge in [0.05, 0.1) is 12.3 Å². The summed E-state index contributed by atoms with van der Waals surface area (Å²) in [6.07, 6.45) is 3.93. The molecule has 2 aromatic rings. The van der Waals surface area contributed by atoms with Crippen LogP contribution in [0.25, 0.3) is 0 Å². The summed E-state index contributed by atoms with van der Waals surface area (Å²) in [5.74, 6) is 1.26. The number of fused-ring (bicyclic) bond motifs is 1. The van der Waals surface area contributed by atoms with Gasteiger partial charge in [0.25, 0.3) is 0 Å². The highest BCUT2D eigenvalue weighted by Crippen LogP contribution is 2.35. The number of ether oxygens (including phenoxy) is 1. The molecule has 1 aromatic carbocycles. The molecule has 7 nitrogen and oxygen atoms in total. The van der Waals surface area contributed by atoms with Crippen LogP contribution in [0.1, 0.15) is 12.1 Å². The molecule has 21 heavy (non-hydrogen) atoms. The lowest BCUT2D eigenvalue weighted by molar-refractivity contribution is 0.318. The number of benzene rings is 1. The summed E-state index contributed by atoms with van der Waals surface area (Å²) < 4.78 is 5.73. The molecule has 3 rings (SSSR count). The maximum atomic E-state index is 8.91. The molecule has 1 aliphatic heterocycles. The molecule has 108 valence electrons. The zero-order chi connectivity index (χ0) is 14.7. The van der Waals surface area contributed by atoms with Crippen molar-refractivity contribution in [1.29, 1.82) is 0 Å². The second-order valence-electron chi connectivity index (χ2n) is 4.54. The van der Waals surface area contributed by atoms with Gasteiger partial charge in [0.1, 0.15) is 5.75 Å². The van der Waals surface area contributed by atoms with Gasteiger partial charge in [-0.1, -0.05) is 17.3 Å². The van der Waals surface area contributed by atoms with Crippen LogP contribution in [0, 0.1) is 0 Å². The smallest absolute Gasteiger partial charge is 0.192 e. The topological polar surface area (TPSA) is 96.9 Å². The van der Waals surface area contributed by atoms with Crippen molar-refractivity contribution >= 4 is 17.3 Å². The molecule has 0 amide bonds. The predicted molar refractivity (Wildman–Crippen MR) is 78.1 cm³/mol. The Morgan fingerprint density at radius 1 is 1.29 bits per heavy atom. The zero-order valence-electron chi connectivity index (χ0n) is 11.3. The van der Waals surface area contributed by atoms with Gasteiger partial charge >= 0.3 is 0 Å². The Morgan fingerprint density at radius 2 is 2.10 bits per heavy atom. The van der Waals surface area contributed by atoms with E-state index in [4.69, 9.17) is 15.7 Å². The average Bonchev–Trinajstić information content (AvgIpc) is 2.76. The van der Waals surface area contributed by atoms with Crippen LogP contribution in [-0.4, -0.2) is 34.2 Å². The molecule has 1 aliphatic rings. The number of amidine groups is 1. The fourth-order valence-electron chi connectivity index (χ4n) is 2.30. The van der Waals surface area contributed by atoms with Crippen molar-refractivity contribution in [3.63, 3.8) is 0 Å². The first-order valence-corrected chi connectivity index (χ1v) is 6.59. The molecule has 0 saturated carbocycles. The number of oxime groups is 1. The number of rotatable bonds is 2. The van der Waals surface area contributed by atoms with Crippen molar-refractivity contribution in [3.05, 3.63) is 42.4 Å². The average molecular weight is 285 g/mol. The van der Waals surface area contributed by atoms with Crippen molar-refractivity contribution < 1.29 is 9.94 Å². The van der Waals surface area contributed by atoms with E-state index < -0.39 is 0 Å². The molecule has 3 N–H and O–H groups in total. The molecule has 0 spiro atoms. The number of hydrogen-bond acceptors (Lipinski definition) is 6. The number of para-hydroxylation sites is 2. The monoisotopic (exact) mass is 285 g/mol. The first kappa shape index (κ1) is 13.2. The van der Waals surface area contributed by atoms with Crippen LogP contribution in [0.15, 0.2) is 41.8 Å². The zero-order valence-corrected chi connectivity index (χ0v) is 11.3. The lowest BCUT2D eigenvalue weighted by Gasteiger charge is -2.23. The van der Waals surface area contributed by atoms with Gasteiger partial charge in [-0.25, -0.2) is 9.97 Å². The quantitative estimate of drug-likeness (QED) is 0.375. The van der Waals surface area contributed by atoms with E-state index in [9.17, 15) is 0 Å². The van der Waals surface area contributed by atoms with Gasteiger partial charge < -0.3 is 20.6 Å². The number of nitrogens with two attached hydrogens (primary N) is 1. The van der Waals surface area contributed by atoms with Gasteiger partial charge in [-0.15, -0.1) is 0 Å². The Labute approximate surface area is 121 Å². The Kier molecular flexibility index (Phi) is 3.55. The van der Waals surface area contributed by atoms with E-state index >= 15 is 0 Å². The summed E-state index contributed by atoms with van der Waals surface area (Å²) in [7, 11) is 0. The minimum Gasteiger partial charge on any atom is -0.491 e. The highest BCUT2D eigenvalue weighted by Gasteiger charge is 2.22. The van der Waals surface area contributed by atoms with Crippen LogP contribution in [0.4, 0.5) is 11.5 Å². The number of anilines is 2. The van der Waals surface area contributed by atoms with Gasteiger partial charge in [-0.3, -0.25) is 0 Å². The molecule has 0 unspecified atom stereocenters. The highest BCUT2D eigenvalue weighted by atomic mass is 16.5. The fourth-order valence-corrected chi connectivity index (χ4v) is 2.30.